The van der Waals surface area contributed by atoms with Gasteiger partial charge in [0, 0.05) is 18.5 Å². The molecule has 0 radical (unpaired) electrons. The first-order valence-electron chi connectivity index (χ1n) is 6.22. The third kappa shape index (κ3) is 1.98. The van der Waals surface area contributed by atoms with E-state index in [4.69, 9.17) is 4.42 Å². The van der Waals surface area contributed by atoms with Crippen LogP contribution in [-0.2, 0) is 0 Å². The van der Waals surface area contributed by atoms with Crippen molar-refractivity contribution in [2.75, 3.05) is 13.1 Å². The number of halogens is 1. The molecule has 1 aliphatic heterocycles. The summed E-state index contributed by atoms with van der Waals surface area (Å²) < 4.78 is 18.5. The van der Waals surface area contributed by atoms with E-state index in [1.807, 2.05) is 0 Å². The van der Waals surface area contributed by atoms with Crippen LogP contribution in [0.25, 0.3) is 11.0 Å². The van der Waals surface area contributed by atoms with Crippen LogP contribution >= 0.6 is 0 Å². The Morgan fingerprint density at radius 3 is 2.72 bits per heavy atom. The predicted octanol–water partition coefficient (Wildman–Crippen LogP) is 3.20. The molecule has 1 fully saturated rings. The first kappa shape index (κ1) is 11.3. The number of benzene rings is 1. The summed E-state index contributed by atoms with van der Waals surface area (Å²) in [5.74, 6) is -0.107. The number of carbonyl (C=O) groups is 1. The molecule has 18 heavy (non-hydrogen) atoms. The van der Waals surface area contributed by atoms with Crippen LogP contribution in [0, 0.1) is 5.82 Å². The molecule has 0 bridgehead atoms. The molecule has 3 rings (SSSR count). The molecule has 1 amide bonds. The van der Waals surface area contributed by atoms with Gasteiger partial charge < -0.3 is 9.32 Å². The van der Waals surface area contributed by atoms with Gasteiger partial charge >= 0.3 is 0 Å². The molecule has 2 heterocycles. The SMILES string of the molecule is O=C(c1cc2cc(F)ccc2o1)N1CCCCC1. The summed E-state index contributed by atoms with van der Waals surface area (Å²) in [4.78, 5) is 14.0. The second-order valence-electron chi connectivity index (χ2n) is 4.65. The lowest BCUT2D eigenvalue weighted by atomic mass is 10.1. The number of carbonyl (C=O) groups excluding carboxylic acids is 1. The van der Waals surface area contributed by atoms with Crippen molar-refractivity contribution in [3.8, 4) is 0 Å². The Bertz CT molecular complexity index is 584. The Labute approximate surface area is 104 Å². The van der Waals surface area contributed by atoms with Crippen LogP contribution in [0.2, 0.25) is 0 Å². The van der Waals surface area contributed by atoms with Crippen molar-refractivity contribution in [2.45, 2.75) is 19.3 Å². The van der Waals surface area contributed by atoms with Crippen LogP contribution in [-0.4, -0.2) is 23.9 Å². The van der Waals surface area contributed by atoms with E-state index in [2.05, 4.69) is 0 Å². The van der Waals surface area contributed by atoms with Gasteiger partial charge in [-0.05, 0) is 43.5 Å². The monoisotopic (exact) mass is 247 g/mol. The molecule has 1 aliphatic rings. The summed E-state index contributed by atoms with van der Waals surface area (Å²) in [6, 6.07) is 5.89. The lowest BCUT2D eigenvalue weighted by Gasteiger charge is -2.25. The Hall–Kier alpha value is -1.84. The van der Waals surface area contributed by atoms with Crippen LogP contribution < -0.4 is 0 Å². The molecule has 0 N–H and O–H groups in total. The number of hydrogen-bond acceptors (Lipinski definition) is 2. The molecule has 1 aromatic heterocycles. The summed E-state index contributed by atoms with van der Waals surface area (Å²) in [5.41, 5.74) is 0.553. The van der Waals surface area contributed by atoms with E-state index in [1.54, 1.807) is 17.0 Å². The van der Waals surface area contributed by atoms with Crippen LogP contribution in [0.3, 0.4) is 0 Å². The van der Waals surface area contributed by atoms with Crippen LogP contribution in [0.5, 0.6) is 0 Å². The number of hydrogen-bond donors (Lipinski definition) is 0. The fraction of sp³-hybridized carbons (Fsp3) is 0.357. The van der Waals surface area contributed by atoms with E-state index in [0.29, 0.717) is 16.7 Å². The molecular formula is C14H14FNO2. The van der Waals surface area contributed by atoms with Gasteiger partial charge in [-0.25, -0.2) is 4.39 Å². The molecule has 0 atom stereocenters. The van der Waals surface area contributed by atoms with Gasteiger partial charge in [0.05, 0.1) is 0 Å². The second-order valence-corrected chi connectivity index (χ2v) is 4.65. The molecular weight excluding hydrogens is 233 g/mol. The molecule has 94 valence electrons. The molecule has 0 aliphatic carbocycles. The molecule has 1 aromatic carbocycles. The van der Waals surface area contributed by atoms with Crippen LogP contribution in [0.4, 0.5) is 4.39 Å². The zero-order chi connectivity index (χ0) is 12.5. The van der Waals surface area contributed by atoms with Gasteiger partial charge in [0.2, 0.25) is 0 Å². The molecule has 1 saturated heterocycles. The lowest BCUT2D eigenvalue weighted by Crippen LogP contribution is -2.35. The normalized spacial score (nSPS) is 16.2. The maximum Gasteiger partial charge on any atom is 0.289 e. The average Bonchev–Trinajstić information content (AvgIpc) is 2.81. The number of amides is 1. The minimum absolute atomic E-state index is 0.0914. The first-order valence-corrected chi connectivity index (χ1v) is 6.22. The van der Waals surface area contributed by atoms with Crippen LogP contribution in [0.1, 0.15) is 29.8 Å². The zero-order valence-electron chi connectivity index (χ0n) is 9.99. The highest BCUT2D eigenvalue weighted by Gasteiger charge is 2.21. The van der Waals surface area contributed by atoms with Gasteiger partial charge in [-0.2, -0.15) is 0 Å². The van der Waals surface area contributed by atoms with Crippen molar-refractivity contribution in [1.82, 2.24) is 4.90 Å². The maximum absolute atomic E-state index is 13.1. The summed E-state index contributed by atoms with van der Waals surface area (Å²) in [6.45, 7) is 1.56. The Morgan fingerprint density at radius 1 is 1.17 bits per heavy atom. The van der Waals surface area contributed by atoms with Crippen molar-refractivity contribution < 1.29 is 13.6 Å². The Morgan fingerprint density at radius 2 is 1.94 bits per heavy atom. The van der Waals surface area contributed by atoms with E-state index >= 15 is 0 Å². The number of fused-ring (bicyclic) bond motifs is 1. The zero-order valence-corrected chi connectivity index (χ0v) is 9.99. The van der Waals surface area contributed by atoms with Crippen molar-refractivity contribution in [3.05, 3.63) is 35.8 Å². The van der Waals surface area contributed by atoms with E-state index in [-0.39, 0.29) is 11.7 Å². The Balaban J connectivity index is 1.91. The van der Waals surface area contributed by atoms with Gasteiger partial charge in [0.15, 0.2) is 5.76 Å². The molecule has 3 nitrogen and oxygen atoms in total. The molecule has 2 aromatic rings. The van der Waals surface area contributed by atoms with Crippen molar-refractivity contribution >= 4 is 16.9 Å². The smallest absolute Gasteiger partial charge is 0.289 e. The third-order valence-electron chi connectivity index (χ3n) is 3.33. The number of nitrogens with zero attached hydrogens (tertiary/aromatic N) is 1. The van der Waals surface area contributed by atoms with Crippen molar-refractivity contribution in [1.29, 1.82) is 0 Å². The predicted molar refractivity (Wildman–Crippen MR) is 65.9 cm³/mol. The largest absolute Gasteiger partial charge is 0.451 e. The number of piperidine rings is 1. The van der Waals surface area contributed by atoms with Gasteiger partial charge in [0.25, 0.3) is 5.91 Å². The highest BCUT2D eigenvalue weighted by Crippen LogP contribution is 2.22. The van der Waals surface area contributed by atoms with E-state index in [9.17, 15) is 9.18 Å². The fourth-order valence-electron chi connectivity index (χ4n) is 2.37. The van der Waals surface area contributed by atoms with E-state index in [1.165, 1.54) is 18.6 Å². The molecule has 0 saturated carbocycles. The van der Waals surface area contributed by atoms with Gasteiger partial charge in [-0.1, -0.05) is 0 Å². The number of rotatable bonds is 1. The van der Waals surface area contributed by atoms with Gasteiger partial charge in [-0.3, -0.25) is 4.79 Å². The summed E-state index contributed by atoms with van der Waals surface area (Å²) >= 11 is 0. The first-order chi connectivity index (χ1) is 8.74. The van der Waals surface area contributed by atoms with Gasteiger partial charge in [-0.15, -0.1) is 0 Å². The summed E-state index contributed by atoms with van der Waals surface area (Å²) in [5, 5.41) is 0.635. The minimum atomic E-state index is -0.319. The standard InChI is InChI=1S/C14H14FNO2/c15-11-4-5-12-10(8-11)9-13(18-12)14(17)16-6-2-1-3-7-16/h4-5,8-9H,1-3,6-7H2. The fourth-order valence-corrected chi connectivity index (χ4v) is 2.37. The third-order valence-corrected chi connectivity index (χ3v) is 3.33. The highest BCUT2D eigenvalue weighted by molar-refractivity contribution is 5.96. The maximum atomic E-state index is 13.1. The van der Waals surface area contributed by atoms with E-state index < -0.39 is 0 Å². The summed E-state index contributed by atoms with van der Waals surface area (Å²) in [6.07, 6.45) is 3.26. The number of furan rings is 1. The topological polar surface area (TPSA) is 33.5 Å². The average molecular weight is 247 g/mol. The van der Waals surface area contributed by atoms with Crippen LogP contribution in [0.15, 0.2) is 28.7 Å². The van der Waals surface area contributed by atoms with Crippen molar-refractivity contribution in [2.24, 2.45) is 0 Å². The number of likely N-dealkylation sites (tertiary alicyclic amines) is 1. The molecule has 4 heteroatoms. The molecule has 0 spiro atoms. The van der Waals surface area contributed by atoms with E-state index in [0.717, 1.165) is 25.9 Å². The quantitative estimate of drug-likeness (QED) is 0.775. The lowest BCUT2D eigenvalue weighted by molar-refractivity contribution is 0.0694. The summed E-state index contributed by atoms with van der Waals surface area (Å²) in [7, 11) is 0. The highest BCUT2D eigenvalue weighted by atomic mass is 19.1. The minimum Gasteiger partial charge on any atom is -0.451 e. The van der Waals surface area contributed by atoms with Gasteiger partial charge in [0.1, 0.15) is 11.4 Å². The molecule has 0 unspecified atom stereocenters. The Kier molecular flexibility index (Phi) is 2.78. The van der Waals surface area contributed by atoms with Crippen molar-refractivity contribution in [3.63, 3.8) is 0 Å². The second kappa shape index (κ2) is 4.44.